The molecule has 2 N–H and O–H groups in total. The number of methoxy groups -OCH3 is 1. The fourth-order valence-electron chi connectivity index (χ4n) is 1.54. The number of phenolic OH excluding ortho intramolecular Hbond substituents is 1. The van der Waals surface area contributed by atoms with E-state index >= 15 is 0 Å². The van der Waals surface area contributed by atoms with Gasteiger partial charge in [0, 0.05) is 12.1 Å². The first-order valence-corrected chi connectivity index (χ1v) is 6.31. The third-order valence-corrected chi connectivity index (χ3v) is 3.39. The van der Waals surface area contributed by atoms with Crippen molar-refractivity contribution in [2.24, 2.45) is 0 Å². The van der Waals surface area contributed by atoms with Crippen LogP contribution in [0.15, 0.2) is 29.6 Å². The lowest BCUT2D eigenvalue weighted by molar-refractivity contribution is -0.384. The van der Waals surface area contributed by atoms with Gasteiger partial charge in [-0.2, -0.15) is 0 Å². The van der Waals surface area contributed by atoms with E-state index in [0.29, 0.717) is 10.6 Å². The molecule has 0 unspecified atom stereocenters. The number of nitro groups is 1. The van der Waals surface area contributed by atoms with E-state index in [1.54, 1.807) is 11.4 Å². The van der Waals surface area contributed by atoms with E-state index in [0.717, 1.165) is 18.2 Å². The van der Waals surface area contributed by atoms with Crippen LogP contribution in [0.4, 0.5) is 11.4 Å². The first kappa shape index (κ1) is 13.8. The van der Waals surface area contributed by atoms with Gasteiger partial charge in [-0.1, -0.05) is 0 Å². The number of anilines is 1. The summed E-state index contributed by atoms with van der Waals surface area (Å²) in [4.78, 5) is 22.4. The number of non-ortho nitro benzene ring substituents is 1. The maximum Gasteiger partial charge on any atom is 0.271 e. The molecule has 20 heavy (non-hydrogen) atoms. The third kappa shape index (κ3) is 2.69. The number of nitro benzene ring substituents is 1. The van der Waals surface area contributed by atoms with Crippen LogP contribution in [0, 0.1) is 10.1 Å². The number of thiophene rings is 1. The summed E-state index contributed by atoms with van der Waals surface area (Å²) in [5.41, 5.74) is -0.254. The van der Waals surface area contributed by atoms with Gasteiger partial charge in [0.2, 0.25) is 0 Å². The summed E-state index contributed by atoms with van der Waals surface area (Å²) < 4.78 is 5.02. The van der Waals surface area contributed by atoms with E-state index in [2.05, 4.69) is 5.32 Å². The standard InChI is InChI=1S/C12H10N2O5S/c1-19-10-4-5-20-11(10)12(16)13-8-6-7(14(17)18)2-3-9(8)15/h2-6,15H,1H3,(H,13,16). The van der Waals surface area contributed by atoms with Crippen molar-refractivity contribution >= 4 is 28.6 Å². The predicted molar refractivity (Wildman–Crippen MR) is 73.6 cm³/mol. The molecule has 0 saturated heterocycles. The van der Waals surface area contributed by atoms with Crippen molar-refractivity contribution in [3.63, 3.8) is 0 Å². The highest BCUT2D eigenvalue weighted by Crippen LogP contribution is 2.30. The van der Waals surface area contributed by atoms with Crippen LogP contribution >= 0.6 is 11.3 Å². The van der Waals surface area contributed by atoms with Crippen molar-refractivity contribution in [1.82, 2.24) is 0 Å². The largest absolute Gasteiger partial charge is 0.506 e. The number of hydrogen-bond acceptors (Lipinski definition) is 6. The highest BCUT2D eigenvalue weighted by atomic mass is 32.1. The van der Waals surface area contributed by atoms with Crippen molar-refractivity contribution in [2.75, 3.05) is 12.4 Å². The van der Waals surface area contributed by atoms with Crippen molar-refractivity contribution in [2.45, 2.75) is 0 Å². The molecule has 0 spiro atoms. The smallest absolute Gasteiger partial charge is 0.271 e. The third-order valence-electron chi connectivity index (χ3n) is 2.49. The molecule has 1 aromatic heterocycles. The van der Waals surface area contributed by atoms with E-state index < -0.39 is 10.8 Å². The Balaban J connectivity index is 2.28. The van der Waals surface area contributed by atoms with Gasteiger partial charge < -0.3 is 15.2 Å². The monoisotopic (exact) mass is 294 g/mol. The van der Waals surface area contributed by atoms with E-state index in [1.165, 1.54) is 18.4 Å². The number of amides is 1. The van der Waals surface area contributed by atoms with E-state index in [1.807, 2.05) is 0 Å². The molecule has 7 nitrogen and oxygen atoms in total. The van der Waals surface area contributed by atoms with Crippen LogP contribution in [0.2, 0.25) is 0 Å². The fourth-order valence-corrected chi connectivity index (χ4v) is 2.29. The van der Waals surface area contributed by atoms with E-state index in [9.17, 15) is 20.0 Å². The van der Waals surface area contributed by atoms with Crippen LogP contribution in [0.1, 0.15) is 9.67 Å². The number of benzene rings is 1. The topological polar surface area (TPSA) is 102 Å². The average molecular weight is 294 g/mol. The number of carbonyl (C=O) groups is 1. The molecule has 2 aromatic rings. The molecule has 0 radical (unpaired) electrons. The molecule has 0 aliphatic rings. The summed E-state index contributed by atoms with van der Waals surface area (Å²) >= 11 is 1.17. The molecule has 8 heteroatoms. The lowest BCUT2D eigenvalue weighted by Gasteiger charge is -2.07. The number of rotatable bonds is 4. The van der Waals surface area contributed by atoms with Crippen molar-refractivity contribution in [3.05, 3.63) is 44.6 Å². The summed E-state index contributed by atoms with van der Waals surface area (Å²) in [7, 11) is 1.43. The average Bonchev–Trinajstić information content (AvgIpc) is 2.89. The molecule has 0 aliphatic heterocycles. The van der Waals surface area contributed by atoms with Gasteiger partial charge in [-0.05, 0) is 17.5 Å². The van der Waals surface area contributed by atoms with E-state index in [-0.39, 0.29) is 17.1 Å². The zero-order valence-electron chi connectivity index (χ0n) is 10.3. The Kier molecular flexibility index (Phi) is 3.85. The summed E-state index contributed by atoms with van der Waals surface area (Å²) in [6, 6.07) is 5.02. The summed E-state index contributed by atoms with van der Waals surface area (Å²) in [5.74, 6) is -0.357. The van der Waals surface area contributed by atoms with Gasteiger partial charge in [0.15, 0.2) is 0 Å². The fraction of sp³-hybridized carbons (Fsp3) is 0.0833. The molecule has 1 amide bonds. The van der Waals surface area contributed by atoms with Crippen molar-refractivity contribution < 1.29 is 19.6 Å². The molecule has 1 heterocycles. The van der Waals surface area contributed by atoms with Crippen LogP contribution < -0.4 is 10.1 Å². The summed E-state index contributed by atoms with van der Waals surface area (Å²) in [6.07, 6.45) is 0. The summed E-state index contributed by atoms with van der Waals surface area (Å²) in [5, 5.41) is 24.4. The van der Waals surface area contributed by atoms with Gasteiger partial charge in [0.1, 0.15) is 16.4 Å². The number of phenols is 1. The minimum atomic E-state index is -0.610. The minimum absolute atomic E-state index is 0.0281. The Morgan fingerprint density at radius 3 is 2.85 bits per heavy atom. The second-order valence-electron chi connectivity index (χ2n) is 3.73. The highest BCUT2D eigenvalue weighted by molar-refractivity contribution is 7.12. The normalized spacial score (nSPS) is 10.1. The molecule has 104 valence electrons. The quantitative estimate of drug-likeness (QED) is 0.512. The number of nitrogens with zero attached hydrogens (tertiary/aromatic N) is 1. The number of ether oxygens (including phenoxy) is 1. The molecule has 0 atom stereocenters. The van der Waals surface area contributed by atoms with E-state index in [4.69, 9.17) is 4.74 Å². The van der Waals surface area contributed by atoms with Crippen molar-refractivity contribution in [1.29, 1.82) is 0 Å². The Morgan fingerprint density at radius 2 is 2.20 bits per heavy atom. The predicted octanol–water partition coefficient (Wildman–Crippen LogP) is 2.62. The first-order chi connectivity index (χ1) is 9.52. The Bertz CT molecular complexity index is 668. The van der Waals surface area contributed by atoms with Crippen LogP contribution in [0.25, 0.3) is 0 Å². The maximum absolute atomic E-state index is 12.0. The second kappa shape index (κ2) is 5.57. The Morgan fingerprint density at radius 1 is 1.45 bits per heavy atom. The number of aromatic hydroxyl groups is 1. The lowest BCUT2D eigenvalue weighted by atomic mass is 10.2. The number of carbonyl (C=O) groups excluding carboxylic acids is 1. The summed E-state index contributed by atoms with van der Waals surface area (Å²) in [6.45, 7) is 0. The molecular formula is C12H10N2O5S. The van der Waals surface area contributed by atoms with Crippen LogP contribution in [0.3, 0.4) is 0 Å². The minimum Gasteiger partial charge on any atom is -0.506 e. The molecular weight excluding hydrogens is 284 g/mol. The molecule has 0 saturated carbocycles. The molecule has 1 aromatic carbocycles. The maximum atomic E-state index is 12.0. The van der Waals surface area contributed by atoms with Crippen LogP contribution in [-0.4, -0.2) is 23.0 Å². The van der Waals surface area contributed by atoms with Crippen LogP contribution in [-0.2, 0) is 0 Å². The highest BCUT2D eigenvalue weighted by Gasteiger charge is 2.17. The Hall–Kier alpha value is -2.61. The zero-order chi connectivity index (χ0) is 14.7. The van der Waals surface area contributed by atoms with Gasteiger partial charge in [0.25, 0.3) is 11.6 Å². The van der Waals surface area contributed by atoms with Gasteiger partial charge in [-0.3, -0.25) is 14.9 Å². The molecule has 0 fully saturated rings. The first-order valence-electron chi connectivity index (χ1n) is 5.43. The number of nitrogens with one attached hydrogen (secondary N) is 1. The van der Waals surface area contributed by atoms with Crippen LogP contribution in [0.5, 0.6) is 11.5 Å². The Labute approximate surface area is 117 Å². The van der Waals surface area contributed by atoms with Crippen molar-refractivity contribution in [3.8, 4) is 11.5 Å². The number of hydrogen-bond donors (Lipinski definition) is 2. The van der Waals surface area contributed by atoms with Gasteiger partial charge in [-0.25, -0.2) is 0 Å². The lowest BCUT2D eigenvalue weighted by Crippen LogP contribution is -2.11. The van der Waals surface area contributed by atoms with Gasteiger partial charge in [-0.15, -0.1) is 11.3 Å². The zero-order valence-corrected chi connectivity index (χ0v) is 11.1. The second-order valence-corrected chi connectivity index (χ2v) is 4.65. The molecule has 2 rings (SSSR count). The van der Waals surface area contributed by atoms with Gasteiger partial charge in [0.05, 0.1) is 17.7 Å². The molecule has 0 bridgehead atoms. The SMILES string of the molecule is COc1ccsc1C(=O)Nc1cc([N+](=O)[O-])ccc1O. The van der Waals surface area contributed by atoms with Gasteiger partial charge >= 0.3 is 0 Å². The molecule has 0 aliphatic carbocycles.